The lowest BCUT2D eigenvalue weighted by Gasteiger charge is -2.16. The number of aryl methyl sites for hydroxylation is 1. The van der Waals surface area contributed by atoms with E-state index in [-0.39, 0.29) is 5.78 Å². The van der Waals surface area contributed by atoms with E-state index in [4.69, 9.17) is 10.5 Å². The number of hydrogen-bond acceptors (Lipinski definition) is 3. The van der Waals surface area contributed by atoms with Crippen LogP contribution in [-0.2, 0) is 11.2 Å². The normalized spacial score (nSPS) is 12.5. The van der Waals surface area contributed by atoms with Gasteiger partial charge in [0.25, 0.3) is 0 Å². The van der Waals surface area contributed by atoms with E-state index in [1.807, 2.05) is 25.1 Å². The number of Topliss-reactive ketones (excluding diaryl/α,β-unsaturated/α-hetero) is 1. The summed E-state index contributed by atoms with van der Waals surface area (Å²) < 4.78 is 5.32. The molecule has 3 nitrogen and oxygen atoms in total. The molecule has 2 N–H and O–H groups in total. The molecule has 1 aromatic rings. The van der Waals surface area contributed by atoms with Crippen molar-refractivity contribution < 1.29 is 9.53 Å². The Balaban J connectivity index is 2.68. The highest BCUT2D eigenvalue weighted by Gasteiger charge is 2.16. The lowest BCUT2D eigenvalue weighted by Crippen LogP contribution is -2.21. The molecule has 0 heterocycles. The van der Waals surface area contributed by atoms with Crippen LogP contribution in [0.3, 0.4) is 0 Å². The van der Waals surface area contributed by atoms with Gasteiger partial charge < -0.3 is 10.5 Å². The van der Waals surface area contributed by atoms with Crippen molar-refractivity contribution in [3.8, 4) is 5.75 Å². The summed E-state index contributed by atoms with van der Waals surface area (Å²) in [5.74, 6) is 1.89. The Morgan fingerprint density at radius 3 is 2.60 bits per heavy atom. The maximum Gasteiger partial charge on any atom is 0.137 e. The van der Waals surface area contributed by atoms with Crippen molar-refractivity contribution in [2.24, 2.45) is 17.6 Å². The van der Waals surface area contributed by atoms with Crippen LogP contribution >= 0.6 is 0 Å². The second kappa shape index (κ2) is 8.05. The van der Waals surface area contributed by atoms with Gasteiger partial charge in [0.05, 0.1) is 7.11 Å². The highest BCUT2D eigenvalue weighted by molar-refractivity contribution is 5.81. The molecular weight excluding hydrogens is 250 g/mol. The van der Waals surface area contributed by atoms with Crippen LogP contribution in [0.2, 0.25) is 0 Å². The van der Waals surface area contributed by atoms with Crippen LogP contribution in [0.5, 0.6) is 5.75 Å². The van der Waals surface area contributed by atoms with E-state index >= 15 is 0 Å². The van der Waals surface area contributed by atoms with Gasteiger partial charge in [0.1, 0.15) is 11.5 Å². The first-order chi connectivity index (χ1) is 9.46. The van der Waals surface area contributed by atoms with Gasteiger partial charge in [-0.3, -0.25) is 4.79 Å². The number of carbonyl (C=O) groups is 1. The van der Waals surface area contributed by atoms with Crippen molar-refractivity contribution in [1.82, 2.24) is 0 Å². The van der Waals surface area contributed by atoms with Gasteiger partial charge in [0.2, 0.25) is 0 Å². The van der Waals surface area contributed by atoms with Gasteiger partial charge in [-0.15, -0.1) is 0 Å². The Kier molecular flexibility index (Phi) is 6.73. The molecule has 3 heteroatoms. The highest BCUT2D eigenvalue weighted by atomic mass is 16.5. The molecule has 0 saturated carbocycles. The lowest BCUT2D eigenvalue weighted by atomic mass is 9.90. The van der Waals surface area contributed by atoms with Crippen LogP contribution in [0.15, 0.2) is 18.2 Å². The largest absolute Gasteiger partial charge is 0.496 e. The highest BCUT2D eigenvalue weighted by Crippen LogP contribution is 2.22. The number of hydrogen-bond donors (Lipinski definition) is 1. The molecule has 0 aliphatic rings. The van der Waals surface area contributed by atoms with E-state index in [0.717, 1.165) is 23.3 Å². The smallest absolute Gasteiger partial charge is 0.137 e. The second-order valence-corrected chi connectivity index (χ2v) is 5.97. The summed E-state index contributed by atoms with van der Waals surface area (Å²) >= 11 is 0. The van der Waals surface area contributed by atoms with E-state index < -0.39 is 0 Å². The molecular formula is C17H27NO2. The number of nitrogens with two attached hydrogens (primary N) is 1. The van der Waals surface area contributed by atoms with Crippen LogP contribution < -0.4 is 10.5 Å². The van der Waals surface area contributed by atoms with Crippen molar-refractivity contribution in [2.45, 2.75) is 40.0 Å². The minimum Gasteiger partial charge on any atom is -0.496 e. The van der Waals surface area contributed by atoms with E-state index in [2.05, 4.69) is 13.8 Å². The number of carbonyl (C=O) groups excluding carboxylic acids is 1. The van der Waals surface area contributed by atoms with Crippen molar-refractivity contribution in [1.29, 1.82) is 0 Å². The first kappa shape index (κ1) is 16.7. The molecule has 0 saturated heterocycles. The summed E-state index contributed by atoms with van der Waals surface area (Å²) in [5, 5.41) is 0. The minimum atomic E-state index is 0.241. The third-order valence-corrected chi connectivity index (χ3v) is 3.48. The minimum absolute atomic E-state index is 0.241. The van der Waals surface area contributed by atoms with Gasteiger partial charge in [-0.2, -0.15) is 0 Å². The van der Waals surface area contributed by atoms with E-state index in [1.54, 1.807) is 7.11 Å². The van der Waals surface area contributed by atoms with Crippen molar-refractivity contribution >= 4 is 5.78 Å². The Bertz CT molecular complexity index is 441. The maximum absolute atomic E-state index is 12.2. The molecule has 0 bridgehead atoms. The molecule has 0 amide bonds. The van der Waals surface area contributed by atoms with Crippen LogP contribution in [0, 0.1) is 18.8 Å². The van der Waals surface area contributed by atoms with E-state index in [9.17, 15) is 4.79 Å². The Hall–Kier alpha value is -1.35. The summed E-state index contributed by atoms with van der Waals surface area (Å²) in [4.78, 5) is 12.2. The zero-order chi connectivity index (χ0) is 15.1. The van der Waals surface area contributed by atoms with Gasteiger partial charge in [-0.1, -0.05) is 31.5 Å². The maximum atomic E-state index is 12.2. The van der Waals surface area contributed by atoms with E-state index in [1.165, 1.54) is 0 Å². The molecule has 112 valence electrons. The second-order valence-electron chi connectivity index (χ2n) is 5.97. The quantitative estimate of drug-likeness (QED) is 0.794. The fourth-order valence-corrected chi connectivity index (χ4v) is 2.58. The molecule has 20 heavy (non-hydrogen) atoms. The molecule has 0 aliphatic carbocycles. The van der Waals surface area contributed by atoms with Gasteiger partial charge in [0, 0.05) is 18.4 Å². The first-order valence-electron chi connectivity index (χ1n) is 7.31. The number of benzene rings is 1. The van der Waals surface area contributed by atoms with Gasteiger partial charge in [-0.05, 0) is 37.8 Å². The van der Waals surface area contributed by atoms with Crippen molar-refractivity contribution in [2.75, 3.05) is 13.7 Å². The average Bonchev–Trinajstić information content (AvgIpc) is 2.37. The zero-order valence-electron chi connectivity index (χ0n) is 13.1. The van der Waals surface area contributed by atoms with Gasteiger partial charge >= 0.3 is 0 Å². The van der Waals surface area contributed by atoms with Crippen LogP contribution in [0.1, 0.15) is 37.8 Å². The molecule has 0 radical (unpaired) electrons. The zero-order valence-corrected chi connectivity index (χ0v) is 13.1. The number of methoxy groups -OCH3 is 1. The monoisotopic (exact) mass is 277 g/mol. The summed E-state index contributed by atoms with van der Waals surface area (Å²) in [7, 11) is 1.64. The predicted octanol–water partition coefficient (Wildman–Crippen LogP) is 3.13. The molecule has 1 atom stereocenters. The molecule has 0 aromatic heterocycles. The number of ketones is 1. The van der Waals surface area contributed by atoms with Crippen LogP contribution in [0.4, 0.5) is 0 Å². The predicted molar refractivity (Wildman–Crippen MR) is 83.1 cm³/mol. The Morgan fingerprint density at radius 2 is 2.05 bits per heavy atom. The van der Waals surface area contributed by atoms with Crippen LogP contribution in [-0.4, -0.2) is 19.4 Å². The molecule has 0 aliphatic heterocycles. The number of rotatable bonds is 8. The standard InChI is InChI=1S/C17H27NO2/c1-12(2)7-14(11-18)9-16(19)10-15-8-13(3)5-6-17(15)20-4/h5-6,8,12,14H,7,9-11,18H2,1-4H3. The summed E-state index contributed by atoms with van der Waals surface area (Å²) in [5.41, 5.74) is 7.88. The molecule has 0 spiro atoms. The number of ether oxygens (including phenoxy) is 1. The molecule has 1 rings (SSSR count). The molecule has 1 unspecified atom stereocenters. The summed E-state index contributed by atoms with van der Waals surface area (Å²) in [6, 6.07) is 5.94. The van der Waals surface area contributed by atoms with Crippen LogP contribution in [0.25, 0.3) is 0 Å². The fourth-order valence-electron chi connectivity index (χ4n) is 2.58. The lowest BCUT2D eigenvalue weighted by molar-refractivity contribution is -0.119. The molecule has 0 fully saturated rings. The topological polar surface area (TPSA) is 52.3 Å². The van der Waals surface area contributed by atoms with Crippen molar-refractivity contribution in [3.05, 3.63) is 29.3 Å². The Morgan fingerprint density at radius 1 is 1.35 bits per heavy atom. The third-order valence-electron chi connectivity index (χ3n) is 3.48. The van der Waals surface area contributed by atoms with Gasteiger partial charge in [-0.25, -0.2) is 0 Å². The van der Waals surface area contributed by atoms with E-state index in [0.29, 0.717) is 31.2 Å². The fraction of sp³-hybridized carbons (Fsp3) is 0.588. The van der Waals surface area contributed by atoms with Gasteiger partial charge in [0.15, 0.2) is 0 Å². The third kappa shape index (κ3) is 5.33. The summed E-state index contributed by atoms with van der Waals surface area (Å²) in [6.45, 7) is 6.93. The average molecular weight is 277 g/mol. The molecule has 1 aromatic carbocycles. The summed E-state index contributed by atoms with van der Waals surface area (Å²) in [6.07, 6.45) is 2.00. The van der Waals surface area contributed by atoms with Crippen molar-refractivity contribution in [3.63, 3.8) is 0 Å². The SMILES string of the molecule is COc1ccc(C)cc1CC(=O)CC(CN)CC(C)C. The Labute approximate surface area is 122 Å². The first-order valence-corrected chi connectivity index (χ1v) is 7.31.